The van der Waals surface area contributed by atoms with Crippen molar-refractivity contribution in [2.75, 3.05) is 0 Å². The third kappa shape index (κ3) is 2.08. The minimum Gasteiger partial charge on any atom is -0.397 e. The summed E-state index contributed by atoms with van der Waals surface area (Å²) >= 11 is 0. The van der Waals surface area contributed by atoms with Crippen LogP contribution in [0.5, 0.6) is 0 Å². The summed E-state index contributed by atoms with van der Waals surface area (Å²) in [4.78, 5) is 4.02. The van der Waals surface area contributed by atoms with Gasteiger partial charge in [0.25, 0.3) is 0 Å². The predicted octanol–water partition coefficient (Wildman–Crippen LogP) is 1.35. The Kier molecular flexibility index (Phi) is 3.06. The highest BCUT2D eigenvalue weighted by Gasteiger charge is 2.09. The van der Waals surface area contributed by atoms with E-state index in [0.29, 0.717) is 5.70 Å². The highest BCUT2D eigenvalue weighted by molar-refractivity contribution is 5.94. The summed E-state index contributed by atoms with van der Waals surface area (Å²) in [5.41, 5.74) is 12.6. The molecule has 20 heavy (non-hydrogen) atoms. The van der Waals surface area contributed by atoms with Crippen LogP contribution in [-0.4, -0.2) is 15.2 Å². The molecule has 0 aliphatic heterocycles. The largest absolute Gasteiger partial charge is 0.397 e. The normalized spacial score (nSPS) is 11.8. The van der Waals surface area contributed by atoms with Crippen LogP contribution < -0.4 is 17.0 Å². The van der Waals surface area contributed by atoms with Crippen LogP contribution in [0, 0.1) is 0 Å². The second kappa shape index (κ2) is 5.02. The van der Waals surface area contributed by atoms with E-state index >= 15 is 0 Å². The van der Waals surface area contributed by atoms with Crippen molar-refractivity contribution in [1.29, 1.82) is 0 Å². The fraction of sp³-hybridized carbons (Fsp3) is 0. The van der Waals surface area contributed by atoms with E-state index in [1.165, 1.54) is 0 Å². The molecule has 0 saturated heterocycles. The van der Waals surface area contributed by atoms with Crippen LogP contribution in [0.3, 0.4) is 0 Å². The first-order valence-corrected chi connectivity index (χ1v) is 6.10. The number of hydrogen-bond acceptors (Lipinski definition) is 5. The van der Waals surface area contributed by atoms with E-state index in [1.54, 1.807) is 18.6 Å². The van der Waals surface area contributed by atoms with Crippen LogP contribution in [-0.2, 0) is 0 Å². The highest BCUT2D eigenvalue weighted by Crippen LogP contribution is 2.27. The number of hydrazine groups is 1. The Hall–Kier alpha value is -2.86. The van der Waals surface area contributed by atoms with Gasteiger partial charge in [0, 0.05) is 29.5 Å². The lowest BCUT2D eigenvalue weighted by Crippen LogP contribution is -2.16. The SMILES string of the molecule is NN/C=C(\N)c1ccc2[nH]nc(-c3ccncc3)c2c1. The molecule has 6 N–H and O–H groups in total. The molecule has 100 valence electrons. The number of nitrogens with two attached hydrogens (primary N) is 2. The van der Waals surface area contributed by atoms with E-state index in [9.17, 15) is 0 Å². The Bertz CT molecular complexity index is 760. The maximum Gasteiger partial charge on any atom is 0.100 e. The molecule has 0 aliphatic carbocycles. The first-order valence-electron chi connectivity index (χ1n) is 6.10. The molecule has 6 nitrogen and oxygen atoms in total. The number of aromatic amines is 1. The maximum absolute atomic E-state index is 5.93. The standard InChI is InChI=1S/C14H14N6/c15-12(8-18-16)10-1-2-13-11(7-10)14(20-19-13)9-3-5-17-6-4-9/h1-8,18H,15-16H2,(H,19,20)/b12-8-. The summed E-state index contributed by atoms with van der Waals surface area (Å²) in [6, 6.07) is 9.68. The predicted molar refractivity (Wildman–Crippen MR) is 78.8 cm³/mol. The van der Waals surface area contributed by atoms with Crippen LogP contribution in [0.2, 0.25) is 0 Å². The molecule has 2 heterocycles. The maximum atomic E-state index is 5.93. The van der Waals surface area contributed by atoms with Crippen molar-refractivity contribution in [3.8, 4) is 11.3 Å². The average molecular weight is 266 g/mol. The molecule has 1 aromatic carbocycles. The van der Waals surface area contributed by atoms with Crippen molar-refractivity contribution in [3.05, 3.63) is 54.5 Å². The molecule has 3 aromatic rings. The average Bonchev–Trinajstić information content (AvgIpc) is 2.91. The summed E-state index contributed by atoms with van der Waals surface area (Å²) < 4.78 is 0. The first-order chi connectivity index (χ1) is 9.79. The Morgan fingerprint density at radius 1 is 1.20 bits per heavy atom. The number of pyridine rings is 1. The van der Waals surface area contributed by atoms with Gasteiger partial charge in [0.2, 0.25) is 0 Å². The molecule has 0 spiro atoms. The summed E-state index contributed by atoms with van der Waals surface area (Å²) in [5.74, 6) is 5.25. The zero-order valence-electron chi connectivity index (χ0n) is 10.7. The van der Waals surface area contributed by atoms with Crippen LogP contribution in [0.1, 0.15) is 5.56 Å². The second-order valence-corrected chi connectivity index (χ2v) is 4.33. The monoisotopic (exact) mass is 266 g/mol. The van der Waals surface area contributed by atoms with Crippen LogP contribution in [0.15, 0.2) is 48.9 Å². The Morgan fingerprint density at radius 3 is 2.75 bits per heavy atom. The molecule has 0 fully saturated rings. The number of fused-ring (bicyclic) bond motifs is 1. The molecule has 3 rings (SSSR count). The molecule has 0 bridgehead atoms. The third-order valence-electron chi connectivity index (χ3n) is 3.09. The number of hydrogen-bond donors (Lipinski definition) is 4. The van der Waals surface area contributed by atoms with Crippen molar-refractivity contribution in [2.45, 2.75) is 0 Å². The Labute approximate surface area is 115 Å². The van der Waals surface area contributed by atoms with Gasteiger partial charge in [0.1, 0.15) is 5.69 Å². The molecule has 6 heteroatoms. The van der Waals surface area contributed by atoms with Gasteiger partial charge in [0.05, 0.1) is 11.2 Å². The van der Waals surface area contributed by atoms with Crippen LogP contribution in [0.4, 0.5) is 0 Å². The Morgan fingerprint density at radius 2 is 2.00 bits per heavy atom. The van der Waals surface area contributed by atoms with E-state index in [1.807, 2.05) is 30.3 Å². The highest BCUT2D eigenvalue weighted by atomic mass is 15.2. The molecule has 0 aliphatic rings. The first kappa shape index (κ1) is 12.2. The number of nitrogens with zero attached hydrogens (tertiary/aromatic N) is 2. The molecule has 0 amide bonds. The quantitative estimate of drug-likeness (QED) is 0.423. The van der Waals surface area contributed by atoms with Gasteiger partial charge in [-0.15, -0.1) is 0 Å². The summed E-state index contributed by atoms with van der Waals surface area (Å²) in [7, 11) is 0. The molecular weight excluding hydrogens is 252 g/mol. The lowest BCUT2D eigenvalue weighted by Gasteiger charge is -2.03. The van der Waals surface area contributed by atoms with Crippen LogP contribution >= 0.6 is 0 Å². The van der Waals surface area contributed by atoms with Crippen molar-refractivity contribution in [2.24, 2.45) is 11.6 Å². The summed E-state index contributed by atoms with van der Waals surface area (Å²) in [6.07, 6.45) is 5.03. The number of H-pyrrole nitrogens is 1. The van der Waals surface area contributed by atoms with Crippen molar-refractivity contribution >= 4 is 16.6 Å². The van der Waals surface area contributed by atoms with E-state index in [-0.39, 0.29) is 0 Å². The van der Waals surface area contributed by atoms with E-state index in [4.69, 9.17) is 11.6 Å². The van der Waals surface area contributed by atoms with Gasteiger partial charge in [-0.3, -0.25) is 15.9 Å². The molecule has 0 unspecified atom stereocenters. The van der Waals surface area contributed by atoms with Gasteiger partial charge in [-0.2, -0.15) is 5.10 Å². The second-order valence-electron chi connectivity index (χ2n) is 4.33. The van der Waals surface area contributed by atoms with Gasteiger partial charge in [0.15, 0.2) is 0 Å². The molecular formula is C14H14N6. The number of nitrogens with one attached hydrogen (secondary N) is 2. The third-order valence-corrected chi connectivity index (χ3v) is 3.09. The number of benzene rings is 1. The lowest BCUT2D eigenvalue weighted by atomic mass is 10.1. The van der Waals surface area contributed by atoms with E-state index < -0.39 is 0 Å². The topological polar surface area (TPSA) is 106 Å². The fourth-order valence-corrected chi connectivity index (χ4v) is 2.10. The van der Waals surface area contributed by atoms with Gasteiger partial charge in [-0.1, -0.05) is 6.07 Å². The van der Waals surface area contributed by atoms with Gasteiger partial charge in [-0.05, 0) is 29.8 Å². The van der Waals surface area contributed by atoms with E-state index in [0.717, 1.165) is 27.7 Å². The summed E-state index contributed by atoms with van der Waals surface area (Å²) in [5, 5.41) is 8.37. The van der Waals surface area contributed by atoms with Gasteiger partial charge >= 0.3 is 0 Å². The lowest BCUT2D eigenvalue weighted by molar-refractivity contribution is 0.967. The van der Waals surface area contributed by atoms with Crippen molar-refractivity contribution in [3.63, 3.8) is 0 Å². The number of aromatic nitrogens is 3. The summed E-state index contributed by atoms with van der Waals surface area (Å²) in [6.45, 7) is 0. The molecule has 0 radical (unpaired) electrons. The number of rotatable bonds is 3. The van der Waals surface area contributed by atoms with Crippen molar-refractivity contribution in [1.82, 2.24) is 20.6 Å². The van der Waals surface area contributed by atoms with Crippen LogP contribution in [0.25, 0.3) is 27.9 Å². The molecule has 2 aromatic heterocycles. The van der Waals surface area contributed by atoms with Crippen molar-refractivity contribution < 1.29 is 0 Å². The molecule has 0 atom stereocenters. The minimum absolute atomic E-state index is 0.566. The fourth-order valence-electron chi connectivity index (χ4n) is 2.10. The smallest absolute Gasteiger partial charge is 0.100 e. The zero-order valence-corrected chi connectivity index (χ0v) is 10.7. The molecule has 0 saturated carbocycles. The van der Waals surface area contributed by atoms with Gasteiger partial charge < -0.3 is 11.2 Å². The zero-order chi connectivity index (χ0) is 13.9. The minimum atomic E-state index is 0.566. The van der Waals surface area contributed by atoms with E-state index in [2.05, 4.69) is 20.6 Å². The Balaban J connectivity index is 2.16. The van der Waals surface area contributed by atoms with Gasteiger partial charge in [-0.25, -0.2) is 0 Å².